The summed E-state index contributed by atoms with van der Waals surface area (Å²) in [7, 11) is 0. The lowest BCUT2D eigenvalue weighted by atomic mass is 10.3. The molecule has 1 aromatic rings. The van der Waals surface area contributed by atoms with Gasteiger partial charge >= 0.3 is 0 Å². The zero-order valence-corrected chi connectivity index (χ0v) is 9.50. The fourth-order valence-corrected chi connectivity index (χ4v) is 1.99. The summed E-state index contributed by atoms with van der Waals surface area (Å²) in [5, 5.41) is 11.5. The van der Waals surface area contributed by atoms with E-state index in [0.29, 0.717) is 19.0 Å². The fourth-order valence-electron chi connectivity index (χ4n) is 1.01. The molecule has 0 atom stereocenters. The number of aromatic nitrogens is 4. The van der Waals surface area contributed by atoms with Gasteiger partial charge in [0.1, 0.15) is 0 Å². The Balaban J connectivity index is 2.37. The average Bonchev–Trinajstić information content (AvgIpc) is 2.53. The van der Waals surface area contributed by atoms with Crippen LogP contribution in [0.1, 0.15) is 19.7 Å². The SMILES string of the molecule is CC(C)CSCc1nnnn1CCN. The molecule has 6 heteroatoms. The molecule has 0 fully saturated rings. The van der Waals surface area contributed by atoms with Gasteiger partial charge in [0, 0.05) is 6.54 Å². The molecule has 0 aliphatic heterocycles. The van der Waals surface area contributed by atoms with Crippen LogP contribution in [0.5, 0.6) is 0 Å². The summed E-state index contributed by atoms with van der Waals surface area (Å²) in [6.45, 7) is 5.68. The van der Waals surface area contributed by atoms with E-state index in [4.69, 9.17) is 5.73 Å². The first-order chi connectivity index (χ1) is 6.74. The van der Waals surface area contributed by atoms with Crippen LogP contribution in [0.3, 0.4) is 0 Å². The Morgan fingerprint density at radius 1 is 1.50 bits per heavy atom. The van der Waals surface area contributed by atoms with Gasteiger partial charge in [-0.2, -0.15) is 11.8 Å². The number of hydrogen-bond donors (Lipinski definition) is 1. The van der Waals surface area contributed by atoms with Gasteiger partial charge in [0.25, 0.3) is 0 Å². The van der Waals surface area contributed by atoms with Crippen LogP contribution in [-0.4, -0.2) is 32.5 Å². The second-order valence-electron chi connectivity index (χ2n) is 3.52. The second-order valence-corrected chi connectivity index (χ2v) is 4.55. The van der Waals surface area contributed by atoms with Crippen molar-refractivity contribution >= 4 is 11.8 Å². The normalized spacial score (nSPS) is 11.1. The predicted octanol–water partition coefficient (Wildman–Crippen LogP) is 0.521. The summed E-state index contributed by atoms with van der Waals surface area (Å²) < 4.78 is 1.77. The highest BCUT2D eigenvalue weighted by Gasteiger charge is 2.05. The average molecular weight is 215 g/mol. The summed E-state index contributed by atoms with van der Waals surface area (Å²) >= 11 is 1.85. The maximum atomic E-state index is 5.44. The van der Waals surface area contributed by atoms with Crippen molar-refractivity contribution in [3.63, 3.8) is 0 Å². The third-order valence-electron chi connectivity index (χ3n) is 1.63. The van der Waals surface area contributed by atoms with Crippen molar-refractivity contribution in [1.82, 2.24) is 20.2 Å². The topological polar surface area (TPSA) is 69.6 Å². The van der Waals surface area contributed by atoms with Gasteiger partial charge in [0.2, 0.25) is 0 Å². The van der Waals surface area contributed by atoms with E-state index in [2.05, 4.69) is 29.4 Å². The Bertz CT molecular complexity index is 260. The maximum Gasteiger partial charge on any atom is 0.161 e. The number of thioether (sulfide) groups is 1. The minimum Gasteiger partial charge on any atom is -0.329 e. The van der Waals surface area contributed by atoms with Crippen molar-refractivity contribution in [2.75, 3.05) is 12.3 Å². The van der Waals surface area contributed by atoms with Crippen LogP contribution in [0.15, 0.2) is 0 Å². The minimum absolute atomic E-state index is 0.576. The van der Waals surface area contributed by atoms with Crippen LogP contribution < -0.4 is 5.73 Å². The first kappa shape index (κ1) is 11.5. The standard InChI is InChI=1S/C8H17N5S/c1-7(2)5-14-6-8-10-11-12-13(8)4-3-9/h7H,3-6,9H2,1-2H3. The van der Waals surface area contributed by atoms with Crippen LogP contribution in [-0.2, 0) is 12.3 Å². The Labute approximate surface area is 88.4 Å². The molecule has 80 valence electrons. The number of nitrogens with two attached hydrogens (primary N) is 1. The van der Waals surface area contributed by atoms with E-state index in [1.54, 1.807) is 4.68 Å². The van der Waals surface area contributed by atoms with Crippen LogP contribution in [0.4, 0.5) is 0 Å². The first-order valence-electron chi connectivity index (χ1n) is 4.77. The lowest BCUT2D eigenvalue weighted by Gasteiger charge is -2.04. The highest BCUT2D eigenvalue weighted by molar-refractivity contribution is 7.98. The smallest absolute Gasteiger partial charge is 0.161 e. The van der Waals surface area contributed by atoms with Crippen molar-refractivity contribution in [3.05, 3.63) is 5.82 Å². The van der Waals surface area contributed by atoms with Gasteiger partial charge in [-0.15, -0.1) is 5.10 Å². The van der Waals surface area contributed by atoms with Gasteiger partial charge < -0.3 is 5.73 Å². The Hall–Kier alpha value is -0.620. The van der Waals surface area contributed by atoms with Crippen molar-refractivity contribution < 1.29 is 0 Å². The molecule has 0 spiro atoms. The first-order valence-corrected chi connectivity index (χ1v) is 5.92. The number of tetrazole rings is 1. The maximum absolute atomic E-state index is 5.44. The van der Waals surface area contributed by atoms with Gasteiger partial charge in [0.15, 0.2) is 5.82 Å². The van der Waals surface area contributed by atoms with Crippen LogP contribution >= 0.6 is 11.8 Å². The summed E-state index contributed by atoms with van der Waals surface area (Å²) in [4.78, 5) is 0. The van der Waals surface area contributed by atoms with E-state index in [0.717, 1.165) is 17.3 Å². The zero-order valence-electron chi connectivity index (χ0n) is 8.68. The van der Waals surface area contributed by atoms with E-state index in [1.165, 1.54) is 0 Å². The quantitative estimate of drug-likeness (QED) is 0.749. The van der Waals surface area contributed by atoms with E-state index in [9.17, 15) is 0 Å². The molecule has 0 amide bonds. The molecular formula is C8H17N5S. The third-order valence-corrected chi connectivity index (χ3v) is 2.99. The molecule has 0 aliphatic rings. The predicted molar refractivity (Wildman–Crippen MR) is 57.9 cm³/mol. The molecule has 0 aromatic carbocycles. The lowest BCUT2D eigenvalue weighted by molar-refractivity contribution is 0.582. The second kappa shape index (κ2) is 5.98. The minimum atomic E-state index is 0.576. The van der Waals surface area contributed by atoms with Crippen LogP contribution in [0.2, 0.25) is 0 Å². The Morgan fingerprint density at radius 2 is 2.29 bits per heavy atom. The van der Waals surface area contributed by atoms with E-state index in [1.807, 2.05) is 11.8 Å². The Kier molecular flexibility index (Phi) is 4.89. The molecule has 1 rings (SSSR count). The molecule has 2 N–H and O–H groups in total. The van der Waals surface area contributed by atoms with Gasteiger partial charge in [-0.1, -0.05) is 13.8 Å². The zero-order chi connectivity index (χ0) is 10.4. The monoisotopic (exact) mass is 215 g/mol. The third kappa shape index (κ3) is 3.63. The van der Waals surface area contributed by atoms with Crippen molar-refractivity contribution in [1.29, 1.82) is 0 Å². The summed E-state index contributed by atoms with van der Waals surface area (Å²) in [5.74, 6) is 3.63. The molecule has 1 aromatic heterocycles. The number of hydrogen-bond acceptors (Lipinski definition) is 5. The highest BCUT2D eigenvalue weighted by atomic mass is 32.2. The van der Waals surface area contributed by atoms with Crippen molar-refractivity contribution in [2.45, 2.75) is 26.1 Å². The molecule has 0 bridgehead atoms. The molecule has 0 aliphatic carbocycles. The van der Waals surface area contributed by atoms with Gasteiger partial charge in [0.05, 0.1) is 12.3 Å². The summed E-state index contributed by atoms with van der Waals surface area (Å²) in [6.07, 6.45) is 0. The number of rotatable bonds is 6. The van der Waals surface area contributed by atoms with E-state index < -0.39 is 0 Å². The molecule has 1 heterocycles. The van der Waals surface area contributed by atoms with Gasteiger partial charge in [-0.25, -0.2) is 4.68 Å². The molecule has 0 unspecified atom stereocenters. The van der Waals surface area contributed by atoms with E-state index in [-0.39, 0.29) is 0 Å². The van der Waals surface area contributed by atoms with E-state index >= 15 is 0 Å². The van der Waals surface area contributed by atoms with Gasteiger partial charge in [-0.3, -0.25) is 0 Å². The van der Waals surface area contributed by atoms with Crippen LogP contribution in [0, 0.1) is 5.92 Å². The fraction of sp³-hybridized carbons (Fsp3) is 0.875. The van der Waals surface area contributed by atoms with Gasteiger partial charge in [-0.05, 0) is 22.1 Å². The molecule has 0 saturated carbocycles. The van der Waals surface area contributed by atoms with Crippen molar-refractivity contribution in [2.24, 2.45) is 11.7 Å². The molecule has 14 heavy (non-hydrogen) atoms. The molecule has 0 saturated heterocycles. The molecule has 0 radical (unpaired) electrons. The summed E-state index contributed by atoms with van der Waals surface area (Å²) in [5.41, 5.74) is 5.44. The Morgan fingerprint density at radius 3 is 2.93 bits per heavy atom. The number of nitrogens with zero attached hydrogens (tertiary/aromatic N) is 4. The highest BCUT2D eigenvalue weighted by Crippen LogP contribution is 2.12. The van der Waals surface area contributed by atoms with Crippen LogP contribution in [0.25, 0.3) is 0 Å². The molecule has 5 nitrogen and oxygen atoms in total. The molecular weight excluding hydrogens is 198 g/mol. The summed E-state index contributed by atoms with van der Waals surface area (Å²) in [6, 6.07) is 0. The van der Waals surface area contributed by atoms with Crippen molar-refractivity contribution in [3.8, 4) is 0 Å². The lowest BCUT2D eigenvalue weighted by Crippen LogP contribution is -2.13. The largest absolute Gasteiger partial charge is 0.329 e.